The topological polar surface area (TPSA) is 97.5 Å². The lowest BCUT2D eigenvalue weighted by Crippen LogP contribution is -2.21. The summed E-state index contributed by atoms with van der Waals surface area (Å²) in [6, 6.07) is 14.7. The molecular formula is C24H23ClN2O5S. The van der Waals surface area contributed by atoms with Crippen LogP contribution in [0, 0.1) is 13.8 Å². The molecule has 1 aromatic heterocycles. The van der Waals surface area contributed by atoms with Crippen LogP contribution in [0.4, 0.5) is 5.69 Å². The lowest BCUT2D eigenvalue weighted by molar-refractivity contribution is -0.119. The van der Waals surface area contributed by atoms with Gasteiger partial charge in [0.25, 0.3) is 5.91 Å². The van der Waals surface area contributed by atoms with Gasteiger partial charge in [-0.3, -0.25) is 4.79 Å². The van der Waals surface area contributed by atoms with Gasteiger partial charge in [-0.05, 0) is 62.7 Å². The SMILES string of the molecule is CCOC(=O)c1[nH]c(C)c(C(=O)OCC(=O)Nc2ccccc2Sc2ccc(Cl)cc2)c1C. The maximum Gasteiger partial charge on any atom is 0.355 e. The van der Waals surface area contributed by atoms with E-state index in [4.69, 9.17) is 21.1 Å². The van der Waals surface area contributed by atoms with Crippen molar-refractivity contribution in [3.05, 3.63) is 76.1 Å². The van der Waals surface area contributed by atoms with E-state index in [0.29, 0.717) is 22.0 Å². The molecule has 0 radical (unpaired) electrons. The molecule has 0 aliphatic carbocycles. The zero-order valence-corrected chi connectivity index (χ0v) is 19.9. The van der Waals surface area contributed by atoms with E-state index in [2.05, 4.69) is 10.3 Å². The molecule has 0 aliphatic heterocycles. The number of rotatable bonds is 8. The zero-order valence-electron chi connectivity index (χ0n) is 18.4. The Labute approximate surface area is 200 Å². The molecule has 0 bridgehead atoms. The number of aromatic nitrogens is 1. The smallest absolute Gasteiger partial charge is 0.355 e. The number of hydrogen-bond acceptors (Lipinski definition) is 6. The Balaban J connectivity index is 1.64. The fraction of sp³-hybridized carbons (Fsp3) is 0.208. The third-order valence-electron chi connectivity index (χ3n) is 4.66. The molecule has 172 valence electrons. The van der Waals surface area contributed by atoms with Gasteiger partial charge < -0.3 is 19.8 Å². The van der Waals surface area contributed by atoms with Crippen molar-refractivity contribution in [2.45, 2.75) is 30.6 Å². The van der Waals surface area contributed by atoms with Crippen molar-refractivity contribution in [3.8, 4) is 0 Å². The quantitative estimate of drug-likeness (QED) is 0.413. The highest BCUT2D eigenvalue weighted by Gasteiger charge is 2.24. The van der Waals surface area contributed by atoms with Crippen LogP contribution in [0.1, 0.15) is 39.0 Å². The van der Waals surface area contributed by atoms with Crippen LogP contribution in [0.3, 0.4) is 0 Å². The van der Waals surface area contributed by atoms with Crippen molar-refractivity contribution in [1.82, 2.24) is 4.98 Å². The van der Waals surface area contributed by atoms with E-state index in [1.165, 1.54) is 11.8 Å². The molecule has 0 saturated heterocycles. The number of esters is 2. The highest BCUT2D eigenvalue weighted by molar-refractivity contribution is 7.99. The molecule has 33 heavy (non-hydrogen) atoms. The summed E-state index contributed by atoms with van der Waals surface area (Å²) in [7, 11) is 0. The summed E-state index contributed by atoms with van der Waals surface area (Å²) in [6.45, 7) is 4.71. The first kappa shape index (κ1) is 24.4. The van der Waals surface area contributed by atoms with E-state index in [0.717, 1.165) is 9.79 Å². The fourth-order valence-corrected chi connectivity index (χ4v) is 4.17. The molecule has 9 heteroatoms. The van der Waals surface area contributed by atoms with Gasteiger partial charge in [0, 0.05) is 20.5 Å². The monoisotopic (exact) mass is 486 g/mol. The Bertz CT molecular complexity index is 1170. The highest BCUT2D eigenvalue weighted by atomic mass is 35.5. The van der Waals surface area contributed by atoms with Crippen LogP contribution in [-0.2, 0) is 14.3 Å². The minimum absolute atomic E-state index is 0.193. The van der Waals surface area contributed by atoms with Crippen LogP contribution in [0.2, 0.25) is 5.02 Å². The van der Waals surface area contributed by atoms with Gasteiger partial charge in [0.15, 0.2) is 6.61 Å². The number of aryl methyl sites for hydroxylation is 1. The van der Waals surface area contributed by atoms with Gasteiger partial charge in [0.1, 0.15) is 5.69 Å². The van der Waals surface area contributed by atoms with Crippen LogP contribution in [0.25, 0.3) is 0 Å². The number of hydrogen-bond donors (Lipinski definition) is 2. The van der Waals surface area contributed by atoms with Crippen LogP contribution in [-0.4, -0.2) is 36.0 Å². The van der Waals surface area contributed by atoms with Crippen LogP contribution >= 0.6 is 23.4 Å². The maximum atomic E-state index is 12.6. The number of nitrogens with one attached hydrogen (secondary N) is 2. The number of carbonyl (C=O) groups is 3. The Morgan fingerprint density at radius 2 is 1.70 bits per heavy atom. The second kappa shape index (κ2) is 11.1. The lowest BCUT2D eigenvalue weighted by Gasteiger charge is -2.11. The molecule has 0 aliphatic rings. The Kier molecular flexibility index (Phi) is 8.19. The summed E-state index contributed by atoms with van der Waals surface area (Å²) in [6.07, 6.45) is 0. The highest BCUT2D eigenvalue weighted by Crippen LogP contribution is 2.33. The second-order valence-electron chi connectivity index (χ2n) is 7.02. The maximum absolute atomic E-state index is 12.6. The number of ether oxygens (including phenoxy) is 2. The molecule has 3 aromatic rings. The van der Waals surface area contributed by atoms with Crippen molar-refractivity contribution in [3.63, 3.8) is 0 Å². The molecule has 0 fully saturated rings. The lowest BCUT2D eigenvalue weighted by atomic mass is 10.1. The molecule has 0 atom stereocenters. The van der Waals surface area contributed by atoms with Crippen molar-refractivity contribution in [1.29, 1.82) is 0 Å². The second-order valence-corrected chi connectivity index (χ2v) is 8.57. The summed E-state index contributed by atoms with van der Waals surface area (Å²) in [5.74, 6) is -1.73. The molecular weight excluding hydrogens is 464 g/mol. The first-order valence-corrected chi connectivity index (χ1v) is 11.3. The van der Waals surface area contributed by atoms with Crippen molar-refractivity contribution >= 4 is 46.9 Å². The summed E-state index contributed by atoms with van der Waals surface area (Å²) < 4.78 is 10.2. The van der Waals surface area contributed by atoms with E-state index >= 15 is 0 Å². The van der Waals surface area contributed by atoms with Crippen molar-refractivity contribution in [2.75, 3.05) is 18.5 Å². The molecule has 2 aromatic carbocycles. The summed E-state index contributed by atoms with van der Waals surface area (Å²) in [4.78, 5) is 41.7. The van der Waals surface area contributed by atoms with E-state index in [1.54, 1.807) is 45.0 Å². The molecule has 1 amide bonds. The predicted octanol–water partition coefficient (Wildman–Crippen LogP) is 5.41. The molecule has 0 saturated carbocycles. The third-order valence-corrected chi connectivity index (χ3v) is 5.99. The van der Waals surface area contributed by atoms with Crippen LogP contribution < -0.4 is 5.32 Å². The van der Waals surface area contributed by atoms with Gasteiger partial charge in [0.05, 0.1) is 17.9 Å². The fourth-order valence-electron chi connectivity index (χ4n) is 3.14. The number of amides is 1. The van der Waals surface area contributed by atoms with Gasteiger partial charge in [0.2, 0.25) is 0 Å². The number of para-hydroxylation sites is 1. The van der Waals surface area contributed by atoms with Crippen LogP contribution in [0.5, 0.6) is 0 Å². The Hall–Kier alpha value is -3.23. The van der Waals surface area contributed by atoms with Gasteiger partial charge in [-0.1, -0.05) is 35.5 Å². The minimum Gasteiger partial charge on any atom is -0.461 e. The zero-order chi connectivity index (χ0) is 24.0. The van der Waals surface area contributed by atoms with E-state index in [-0.39, 0.29) is 17.9 Å². The van der Waals surface area contributed by atoms with Gasteiger partial charge in [-0.2, -0.15) is 0 Å². The van der Waals surface area contributed by atoms with E-state index in [1.807, 2.05) is 24.3 Å². The largest absolute Gasteiger partial charge is 0.461 e. The number of aromatic amines is 1. The van der Waals surface area contributed by atoms with Crippen molar-refractivity contribution < 1.29 is 23.9 Å². The Morgan fingerprint density at radius 1 is 1.00 bits per heavy atom. The van der Waals surface area contributed by atoms with E-state index < -0.39 is 24.5 Å². The number of carbonyl (C=O) groups excluding carboxylic acids is 3. The molecule has 3 rings (SSSR count). The minimum atomic E-state index is -0.698. The normalized spacial score (nSPS) is 10.5. The standard InChI is InChI=1S/C24H23ClN2O5S/c1-4-31-24(30)22-14(2)21(15(3)26-22)23(29)32-13-20(28)27-18-7-5-6-8-19(18)33-17-11-9-16(25)10-12-17/h5-12,26H,4,13H2,1-3H3,(H,27,28). The molecule has 2 N–H and O–H groups in total. The van der Waals surface area contributed by atoms with Gasteiger partial charge in [-0.25, -0.2) is 9.59 Å². The van der Waals surface area contributed by atoms with Crippen molar-refractivity contribution in [2.24, 2.45) is 0 Å². The van der Waals surface area contributed by atoms with Gasteiger partial charge >= 0.3 is 11.9 Å². The summed E-state index contributed by atoms with van der Waals surface area (Å²) in [5.41, 5.74) is 1.88. The number of benzene rings is 2. The number of halogens is 1. The first-order valence-electron chi connectivity index (χ1n) is 10.2. The van der Waals surface area contributed by atoms with Gasteiger partial charge in [-0.15, -0.1) is 0 Å². The van der Waals surface area contributed by atoms with E-state index in [9.17, 15) is 14.4 Å². The third kappa shape index (κ3) is 6.18. The molecule has 0 spiro atoms. The van der Waals surface area contributed by atoms with Crippen LogP contribution in [0.15, 0.2) is 58.3 Å². The summed E-state index contributed by atoms with van der Waals surface area (Å²) >= 11 is 7.41. The Morgan fingerprint density at radius 3 is 2.39 bits per heavy atom. The first-order chi connectivity index (χ1) is 15.8. The average molecular weight is 487 g/mol. The molecule has 1 heterocycles. The molecule has 7 nitrogen and oxygen atoms in total. The number of anilines is 1. The molecule has 0 unspecified atom stereocenters. The average Bonchev–Trinajstić information content (AvgIpc) is 3.09. The number of H-pyrrole nitrogens is 1. The predicted molar refractivity (Wildman–Crippen MR) is 127 cm³/mol. The summed E-state index contributed by atoms with van der Waals surface area (Å²) in [5, 5.41) is 3.42.